The molecule has 0 aliphatic carbocycles. The summed E-state index contributed by atoms with van der Waals surface area (Å²) >= 11 is 4.43. The molecule has 0 amide bonds. The number of anilines is 1. The van der Waals surface area contributed by atoms with Crippen LogP contribution in [-0.4, -0.2) is 8.42 Å². The predicted molar refractivity (Wildman–Crippen MR) is 77.1 cm³/mol. The van der Waals surface area contributed by atoms with E-state index >= 15 is 0 Å². The lowest BCUT2D eigenvalue weighted by molar-refractivity contribution is 0.601. The lowest BCUT2D eigenvalue weighted by atomic mass is 10.3. The van der Waals surface area contributed by atoms with Gasteiger partial charge in [0, 0.05) is 21.3 Å². The van der Waals surface area contributed by atoms with E-state index < -0.39 is 15.8 Å². The van der Waals surface area contributed by atoms with Crippen molar-refractivity contribution < 1.29 is 12.8 Å². The molecule has 0 aliphatic rings. The maximum Gasteiger partial charge on any atom is 0.262 e. The lowest BCUT2D eigenvalue weighted by Crippen LogP contribution is -2.12. The molecule has 4 nitrogen and oxygen atoms in total. The first kappa shape index (κ1) is 14.4. The minimum atomic E-state index is -3.73. The second-order valence-electron chi connectivity index (χ2n) is 3.68. The van der Waals surface area contributed by atoms with Crippen LogP contribution < -0.4 is 10.5 Å². The van der Waals surface area contributed by atoms with Gasteiger partial charge in [-0.1, -0.05) is 0 Å². The van der Waals surface area contributed by atoms with Gasteiger partial charge in [0.25, 0.3) is 10.0 Å². The van der Waals surface area contributed by atoms with Gasteiger partial charge in [0.2, 0.25) is 0 Å². The van der Waals surface area contributed by atoms with Crippen LogP contribution in [0.3, 0.4) is 0 Å². The Morgan fingerprint density at radius 1 is 1.37 bits per heavy atom. The van der Waals surface area contributed by atoms with Crippen LogP contribution in [0.25, 0.3) is 0 Å². The average molecular weight is 365 g/mol. The number of halogens is 2. The molecule has 0 aliphatic heterocycles. The first-order valence-electron chi connectivity index (χ1n) is 5.18. The van der Waals surface area contributed by atoms with Crippen molar-refractivity contribution >= 4 is 43.0 Å². The van der Waals surface area contributed by atoms with Gasteiger partial charge in [0.15, 0.2) is 0 Å². The molecule has 19 heavy (non-hydrogen) atoms. The quantitative estimate of drug-likeness (QED) is 0.875. The minimum absolute atomic E-state index is 0.120. The second kappa shape index (κ2) is 5.58. The minimum Gasteiger partial charge on any atom is -0.326 e. The summed E-state index contributed by atoms with van der Waals surface area (Å²) in [5.41, 5.74) is 5.59. The Balaban J connectivity index is 2.33. The molecule has 0 saturated heterocycles. The first-order valence-corrected chi connectivity index (χ1v) is 8.33. The smallest absolute Gasteiger partial charge is 0.262 e. The molecule has 0 saturated carbocycles. The van der Waals surface area contributed by atoms with Crippen LogP contribution in [0.5, 0.6) is 0 Å². The van der Waals surface area contributed by atoms with Crippen molar-refractivity contribution in [1.29, 1.82) is 0 Å². The zero-order valence-electron chi connectivity index (χ0n) is 9.56. The van der Waals surface area contributed by atoms with Crippen molar-refractivity contribution in [1.82, 2.24) is 0 Å². The summed E-state index contributed by atoms with van der Waals surface area (Å²) in [5, 5.41) is 1.50. The van der Waals surface area contributed by atoms with Crippen LogP contribution in [0.1, 0.15) is 4.88 Å². The van der Waals surface area contributed by atoms with Crippen LogP contribution in [-0.2, 0) is 16.6 Å². The molecule has 102 valence electrons. The molecule has 2 rings (SSSR count). The number of thiophene rings is 1. The van der Waals surface area contributed by atoms with Crippen LogP contribution >= 0.6 is 27.3 Å². The van der Waals surface area contributed by atoms with Gasteiger partial charge in [-0.05, 0) is 40.2 Å². The molecular formula is C11H10BrFN2O2S2. The summed E-state index contributed by atoms with van der Waals surface area (Å²) in [5.74, 6) is -0.520. The first-order chi connectivity index (χ1) is 8.92. The number of hydrogen-bond acceptors (Lipinski definition) is 4. The number of sulfonamides is 1. The normalized spacial score (nSPS) is 11.5. The average Bonchev–Trinajstić information content (AvgIpc) is 2.83. The highest BCUT2D eigenvalue weighted by atomic mass is 79.9. The highest BCUT2D eigenvalue weighted by Gasteiger charge is 2.17. The van der Waals surface area contributed by atoms with E-state index in [1.54, 1.807) is 0 Å². The van der Waals surface area contributed by atoms with Gasteiger partial charge in [-0.2, -0.15) is 0 Å². The summed E-state index contributed by atoms with van der Waals surface area (Å²) < 4.78 is 40.1. The molecule has 2 aromatic rings. The zero-order valence-corrected chi connectivity index (χ0v) is 12.8. The topological polar surface area (TPSA) is 72.2 Å². The third-order valence-electron chi connectivity index (χ3n) is 2.31. The largest absolute Gasteiger partial charge is 0.326 e. The van der Waals surface area contributed by atoms with Crippen molar-refractivity contribution in [3.8, 4) is 0 Å². The van der Waals surface area contributed by atoms with Crippen molar-refractivity contribution in [2.45, 2.75) is 11.4 Å². The van der Waals surface area contributed by atoms with E-state index in [1.165, 1.54) is 34.9 Å². The third-order valence-corrected chi connectivity index (χ3v) is 5.46. The van der Waals surface area contributed by atoms with E-state index in [4.69, 9.17) is 5.73 Å². The Kier molecular flexibility index (Phi) is 4.24. The van der Waals surface area contributed by atoms with Gasteiger partial charge in [-0.15, -0.1) is 11.3 Å². The Hall–Kier alpha value is -0.960. The number of nitrogens with one attached hydrogen (secondary N) is 1. The Bertz CT molecular complexity index is 700. The summed E-state index contributed by atoms with van der Waals surface area (Å²) in [6, 6.07) is 5.28. The van der Waals surface area contributed by atoms with Crippen LogP contribution in [0.4, 0.5) is 10.1 Å². The molecule has 0 bridgehead atoms. The fourth-order valence-electron chi connectivity index (χ4n) is 1.39. The molecule has 1 aromatic heterocycles. The molecule has 1 aromatic carbocycles. The number of benzene rings is 1. The Morgan fingerprint density at radius 2 is 2.11 bits per heavy atom. The third kappa shape index (κ3) is 3.33. The molecular weight excluding hydrogens is 355 g/mol. The maximum atomic E-state index is 13.1. The fourth-order valence-corrected chi connectivity index (χ4v) is 4.09. The summed E-state index contributed by atoms with van der Waals surface area (Å²) in [6.07, 6.45) is 0. The predicted octanol–water partition coefficient (Wildman–Crippen LogP) is 2.91. The molecule has 8 heteroatoms. The summed E-state index contributed by atoms with van der Waals surface area (Å²) in [6.45, 7) is 0.282. The van der Waals surface area contributed by atoms with Crippen molar-refractivity contribution in [3.05, 3.63) is 44.8 Å². The van der Waals surface area contributed by atoms with E-state index in [1.807, 2.05) is 0 Å². The van der Waals surface area contributed by atoms with Gasteiger partial charge in [0.05, 0.1) is 10.6 Å². The Labute approximate surface area is 122 Å². The lowest BCUT2D eigenvalue weighted by Gasteiger charge is -2.08. The SMILES string of the molecule is NCc1cc(S(=O)(=O)Nc2cc(F)ccc2Br)cs1. The molecule has 0 spiro atoms. The van der Waals surface area contributed by atoms with Gasteiger partial charge in [-0.3, -0.25) is 4.72 Å². The van der Waals surface area contributed by atoms with E-state index in [0.717, 1.165) is 10.9 Å². The van der Waals surface area contributed by atoms with Gasteiger partial charge < -0.3 is 5.73 Å². The van der Waals surface area contributed by atoms with Crippen LogP contribution in [0.2, 0.25) is 0 Å². The monoisotopic (exact) mass is 364 g/mol. The maximum absolute atomic E-state index is 13.1. The standard InChI is InChI=1S/C11H10BrFN2O2S2/c12-10-2-1-7(13)3-11(10)15-19(16,17)9-4-8(5-14)18-6-9/h1-4,6,15H,5,14H2. The van der Waals surface area contributed by atoms with Crippen molar-refractivity contribution in [2.75, 3.05) is 4.72 Å². The van der Waals surface area contributed by atoms with Gasteiger partial charge in [0.1, 0.15) is 5.82 Å². The highest BCUT2D eigenvalue weighted by Crippen LogP contribution is 2.27. The zero-order chi connectivity index (χ0) is 14.0. The second-order valence-corrected chi connectivity index (χ2v) is 7.22. The van der Waals surface area contributed by atoms with Crippen LogP contribution in [0.15, 0.2) is 39.0 Å². The highest BCUT2D eigenvalue weighted by molar-refractivity contribution is 9.10. The molecule has 0 radical (unpaired) electrons. The van der Waals surface area contributed by atoms with Crippen LogP contribution in [0, 0.1) is 5.82 Å². The number of nitrogens with two attached hydrogens (primary N) is 1. The molecule has 0 unspecified atom stereocenters. The van der Waals surface area contributed by atoms with Gasteiger partial charge >= 0.3 is 0 Å². The Morgan fingerprint density at radius 3 is 2.74 bits per heavy atom. The molecule has 0 atom stereocenters. The number of hydrogen-bond donors (Lipinski definition) is 2. The fraction of sp³-hybridized carbons (Fsp3) is 0.0909. The van der Waals surface area contributed by atoms with Gasteiger partial charge in [-0.25, -0.2) is 12.8 Å². The summed E-state index contributed by atoms with van der Waals surface area (Å²) in [7, 11) is -3.73. The van der Waals surface area contributed by atoms with E-state index in [-0.39, 0.29) is 17.1 Å². The molecule has 1 heterocycles. The van der Waals surface area contributed by atoms with Crippen molar-refractivity contribution in [3.63, 3.8) is 0 Å². The molecule has 0 fully saturated rings. The molecule has 3 N–H and O–H groups in total. The number of rotatable bonds is 4. The van der Waals surface area contributed by atoms with E-state index in [9.17, 15) is 12.8 Å². The van der Waals surface area contributed by atoms with Crippen molar-refractivity contribution in [2.24, 2.45) is 5.73 Å². The van der Waals surface area contributed by atoms with E-state index in [0.29, 0.717) is 4.47 Å². The van der Waals surface area contributed by atoms with E-state index in [2.05, 4.69) is 20.7 Å². The summed E-state index contributed by atoms with van der Waals surface area (Å²) in [4.78, 5) is 0.882.